The highest BCUT2D eigenvalue weighted by molar-refractivity contribution is 6.30. The average Bonchev–Trinajstić information content (AvgIpc) is 2.26. The van der Waals surface area contributed by atoms with Gasteiger partial charge in [0, 0.05) is 24.8 Å². The molecule has 17 heavy (non-hydrogen) atoms. The molecule has 0 saturated heterocycles. The Morgan fingerprint density at radius 3 is 2.65 bits per heavy atom. The lowest BCUT2D eigenvalue weighted by molar-refractivity contribution is 0.170. The molecule has 0 heterocycles. The molecule has 1 rings (SSSR count). The Labute approximate surface area is 108 Å². The molecule has 1 aromatic carbocycles. The van der Waals surface area contributed by atoms with Gasteiger partial charge in [0.2, 0.25) is 0 Å². The summed E-state index contributed by atoms with van der Waals surface area (Å²) in [5.74, 6) is 6.03. The van der Waals surface area contributed by atoms with Crippen LogP contribution in [-0.2, 0) is 4.74 Å². The van der Waals surface area contributed by atoms with Crippen LogP contribution in [0, 0.1) is 12.8 Å². The van der Waals surface area contributed by atoms with Crippen molar-refractivity contribution >= 4 is 11.6 Å². The van der Waals surface area contributed by atoms with Crippen LogP contribution in [-0.4, -0.2) is 13.7 Å². The lowest BCUT2D eigenvalue weighted by Crippen LogP contribution is -2.33. The van der Waals surface area contributed by atoms with Gasteiger partial charge in [0.15, 0.2) is 0 Å². The minimum atomic E-state index is 0.0996. The topological polar surface area (TPSA) is 47.3 Å². The summed E-state index contributed by atoms with van der Waals surface area (Å²) in [6, 6.07) is 6.11. The third-order valence-electron chi connectivity index (χ3n) is 2.95. The van der Waals surface area contributed by atoms with Crippen molar-refractivity contribution in [1.29, 1.82) is 0 Å². The summed E-state index contributed by atoms with van der Waals surface area (Å²) in [6.07, 6.45) is 0.955. The second-order valence-corrected chi connectivity index (χ2v) is 4.90. The van der Waals surface area contributed by atoms with E-state index in [4.69, 9.17) is 22.2 Å². The Kier molecular flexibility index (Phi) is 5.92. The molecule has 0 spiro atoms. The fourth-order valence-electron chi connectivity index (χ4n) is 2.00. The Balaban J connectivity index is 2.84. The smallest absolute Gasteiger partial charge is 0.0486 e. The van der Waals surface area contributed by atoms with E-state index in [9.17, 15) is 0 Å². The Hall–Kier alpha value is -0.610. The summed E-state index contributed by atoms with van der Waals surface area (Å²) < 4.78 is 5.10. The molecular formula is C13H21ClN2O. The molecule has 0 saturated carbocycles. The van der Waals surface area contributed by atoms with Crippen molar-refractivity contribution in [2.24, 2.45) is 11.8 Å². The van der Waals surface area contributed by atoms with Crippen LogP contribution in [0.4, 0.5) is 0 Å². The van der Waals surface area contributed by atoms with Crippen LogP contribution >= 0.6 is 11.6 Å². The molecule has 0 aromatic heterocycles. The van der Waals surface area contributed by atoms with Gasteiger partial charge in [-0.15, -0.1) is 0 Å². The first-order valence-corrected chi connectivity index (χ1v) is 6.18. The number of halogens is 1. The van der Waals surface area contributed by atoms with Gasteiger partial charge in [0.1, 0.15) is 0 Å². The zero-order valence-corrected chi connectivity index (χ0v) is 11.4. The summed E-state index contributed by atoms with van der Waals surface area (Å²) in [4.78, 5) is 0. The maximum absolute atomic E-state index is 6.07. The molecule has 96 valence electrons. The van der Waals surface area contributed by atoms with Crippen molar-refractivity contribution < 1.29 is 4.74 Å². The fraction of sp³-hybridized carbons (Fsp3) is 0.538. The number of aryl methyl sites for hydroxylation is 1. The van der Waals surface area contributed by atoms with Crippen molar-refractivity contribution in [3.8, 4) is 0 Å². The van der Waals surface area contributed by atoms with Gasteiger partial charge >= 0.3 is 0 Å². The van der Waals surface area contributed by atoms with E-state index in [2.05, 4.69) is 18.4 Å². The van der Waals surface area contributed by atoms with Gasteiger partial charge in [-0.05, 0) is 42.5 Å². The van der Waals surface area contributed by atoms with Crippen molar-refractivity contribution in [2.75, 3.05) is 13.7 Å². The summed E-state index contributed by atoms with van der Waals surface area (Å²) >= 11 is 6.07. The predicted molar refractivity (Wildman–Crippen MR) is 71.9 cm³/mol. The van der Waals surface area contributed by atoms with Gasteiger partial charge in [-0.3, -0.25) is 11.3 Å². The standard InChI is InChI=1S/C13H21ClN2O/c1-9-6-11(8-12(14)7-9)13(16-15)10(2)4-5-17-3/h6-8,10,13,16H,4-5,15H2,1-3H3. The molecule has 2 atom stereocenters. The number of hydrogen-bond acceptors (Lipinski definition) is 3. The number of ether oxygens (including phenoxy) is 1. The largest absolute Gasteiger partial charge is 0.385 e. The van der Waals surface area contributed by atoms with Crippen LogP contribution in [0.5, 0.6) is 0 Å². The molecule has 0 fully saturated rings. The second kappa shape index (κ2) is 6.97. The van der Waals surface area contributed by atoms with Gasteiger partial charge in [-0.25, -0.2) is 0 Å². The van der Waals surface area contributed by atoms with E-state index >= 15 is 0 Å². The minimum Gasteiger partial charge on any atom is -0.385 e. The number of rotatable bonds is 6. The van der Waals surface area contributed by atoms with Crippen LogP contribution in [0.3, 0.4) is 0 Å². The third-order valence-corrected chi connectivity index (χ3v) is 3.17. The van der Waals surface area contributed by atoms with Gasteiger partial charge in [-0.1, -0.05) is 24.6 Å². The molecule has 3 N–H and O–H groups in total. The van der Waals surface area contributed by atoms with Gasteiger partial charge in [0.25, 0.3) is 0 Å². The minimum absolute atomic E-state index is 0.0996. The van der Waals surface area contributed by atoms with E-state index in [1.54, 1.807) is 7.11 Å². The molecule has 1 aromatic rings. The first-order valence-electron chi connectivity index (χ1n) is 5.80. The highest BCUT2D eigenvalue weighted by Crippen LogP contribution is 2.27. The normalized spacial score (nSPS) is 14.6. The zero-order valence-electron chi connectivity index (χ0n) is 10.7. The third kappa shape index (κ3) is 4.28. The van der Waals surface area contributed by atoms with Crippen molar-refractivity contribution in [1.82, 2.24) is 5.43 Å². The maximum atomic E-state index is 6.07. The number of nitrogens with one attached hydrogen (secondary N) is 1. The first-order chi connectivity index (χ1) is 8.08. The molecule has 2 unspecified atom stereocenters. The van der Waals surface area contributed by atoms with E-state index in [1.165, 1.54) is 0 Å². The number of hydrazine groups is 1. The van der Waals surface area contributed by atoms with Crippen LogP contribution in [0.25, 0.3) is 0 Å². The van der Waals surface area contributed by atoms with E-state index < -0.39 is 0 Å². The van der Waals surface area contributed by atoms with Gasteiger partial charge < -0.3 is 4.74 Å². The number of methoxy groups -OCH3 is 1. The molecule has 3 nitrogen and oxygen atoms in total. The lowest BCUT2D eigenvalue weighted by Gasteiger charge is -2.24. The predicted octanol–water partition coefficient (Wildman–Crippen LogP) is 2.83. The molecule has 0 aliphatic rings. The van der Waals surface area contributed by atoms with Crippen molar-refractivity contribution in [3.05, 3.63) is 34.3 Å². The molecule has 0 amide bonds. The van der Waals surface area contributed by atoms with Crippen LogP contribution in [0.15, 0.2) is 18.2 Å². The average molecular weight is 257 g/mol. The molecular weight excluding hydrogens is 236 g/mol. The van der Waals surface area contributed by atoms with Gasteiger partial charge in [-0.2, -0.15) is 0 Å². The number of benzene rings is 1. The van der Waals surface area contributed by atoms with E-state index in [0.29, 0.717) is 5.92 Å². The lowest BCUT2D eigenvalue weighted by atomic mass is 9.92. The van der Waals surface area contributed by atoms with Crippen LogP contribution in [0.1, 0.15) is 30.5 Å². The number of nitrogens with two attached hydrogens (primary N) is 1. The van der Waals surface area contributed by atoms with E-state index in [1.807, 2.05) is 19.1 Å². The summed E-state index contributed by atoms with van der Waals surface area (Å²) in [6.45, 7) is 4.92. The summed E-state index contributed by atoms with van der Waals surface area (Å²) in [7, 11) is 1.71. The Morgan fingerprint density at radius 1 is 1.41 bits per heavy atom. The first kappa shape index (κ1) is 14.5. The quantitative estimate of drug-likeness (QED) is 0.608. The fourth-order valence-corrected chi connectivity index (χ4v) is 2.30. The monoisotopic (exact) mass is 256 g/mol. The highest BCUT2D eigenvalue weighted by Gasteiger charge is 2.18. The Morgan fingerprint density at radius 2 is 2.12 bits per heavy atom. The Bertz CT molecular complexity index is 337. The highest BCUT2D eigenvalue weighted by atomic mass is 35.5. The number of hydrogen-bond donors (Lipinski definition) is 2. The maximum Gasteiger partial charge on any atom is 0.0486 e. The van der Waals surface area contributed by atoms with Crippen LogP contribution in [0.2, 0.25) is 5.02 Å². The molecule has 0 aliphatic carbocycles. The molecule has 0 radical (unpaired) electrons. The molecule has 0 bridgehead atoms. The zero-order chi connectivity index (χ0) is 12.8. The summed E-state index contributed by atoms with van der Waals surface area (Å²) in [5.41, 5.74) is 5.14. The summed E-state index contributed by atoms with van der Waals surface area (Å²) in [5, 5.41) is 0.749. The molecule has 0 aliphatic heterocycles. The van der Waals surface area contributed by atoms with Crippen molar-refractivity contribution in [3.63, 3.8) is 0 Å². The van der Waals surface area contributed by atoms with E-state index in [0.717, 1.165) is 29.2 Å². The van der Waals surface area contributed by atoms with Gasteiger partial charge in [0.05, 0.1) is 0 Å². The van der Waals surface area contributed by atoms with Crippen LogP contribution < -0.4 is 11.3 Å². The molecule has 4 heteroatoms. The van der Waals surface area contributed by atoms with E-state index in [-0.39, 0.29) is 6.04 Å². The SMILES string of the molecule is COCCC(C)C(NN)c1cc(C)cc(Cl)c1. The second-order valence-electron chi connectivity index (χ2n) is 4.47. The van der Waals surface area contributed by atoms with Crippen molar-refractivity contribution in [2.45, 2.75) is 26.3 Å².